The van der Waals surface area contributed by atoms with Gasteiger partial charge in [0.25, 0.3) is 0 Å². The topological polar surface area (TPSA) is 35.6 Å². The lowest BCUT2D eigenvalue weighted by atomic mass is 10.1. The molecule has 1 aliphatic rings. The Labute approximate surface area is 115 Å². The van der Waals surface area contributed by atoms with E-state index in [9.17, 15) is 4.79 Å². The minimum absolute atomic E-state index is 0.101. The number of carbonyl (C=O) groups is 1. The maximum absolute atomic E-state index is 12.3. The van der Waals surface area contributed by atoms with Gasteiger partial charge in [0, 0.05) is 19.3 Å². The van der Waals surface area contributed by atoms with E-state index in [0.717, 1.165) is 25.2 Å². The smallest absolute Gasteiger partial charge is 0.323 e. The highest BCUT2D eigenvalue weighted by molar-refractivity contribution is 5.94. The predicted octanol–water partition coefficient (Wildman–Crippen LogP) is 2.15. The van der Waals surface area contributed by atoms with Crippen LogP contribution in [0, 0.1) is 13.8 Å². The van der Waals surface area contributed by atoms with Crippen molar-refractivity contribution in [3.63, 3.8) is 0 Å². The summed E-state index contributed by atoms with van der Waals surface area (Å²) < 4.78 is 0. The molecule has 1 fully saturated rings. The molecule has 0 aliphatic carbocycles. The Bertz CT molecular complexity index is 472. The number of anilines is 1. The largest absolute Gasteiger partial charge is 0.324 e. The second-order valence-electron chi connectivity index (χ2n) is 5.32. The lowest BCUT2D eigenvalue weighted by Gasteiger charge is -2.17. The molecule has 1 atom stereocenters. The zero-order chi connectivity index (χ0) is 14.0. The van der Waals surface area contributed by atoms with E-state index in [1.165, 1.54) is 11.1 Å². The first-order valence-corrected chi connectivity index (χ1v) is 6.80. The summed E-state index contributed by atoms with van der Waals surface area (Å²) in [7, 11) is 3.83. The van der Waals surface area contributed by atoms with Gasteiger partial charge in [-0.15, -0.1) is 0 Å². The Kier molecular flexibility index (Phi) is 4.10. The molecule has 2 rings (SSSR count). The normalized spacial score (nSPS) is 19.4. The van der Waals surface area contributed by atoms with Gasteiger partial charge in [-0.1, -0.05) is 6.07 Å². The number of nitrogens with one attached hydrogen (secondary N) is 1. The van der Waals surface area contributed by atoms with E-state index in [4.69, 9.17) is 0 Å². The quantitative estimate of drug-likeness (QED) is 0.901. The van der Waals surface area contributed by atoms with Crippen LogP contribution in [-0.4, -0.2) is 44.2 Å². The fourth-order valence-electron chi connectivity index (χ4n) is 2.46. The van der Waals surface area contributed by atoms with Crippen LogP contribution in [0.3, 0.4) is 0 Å². The number of rotatable bonds is 4. The molecule has 0 saturated carbocycles. The van der Waals surface area contributed by atoms with Crippen molar-refractivity contribution in [1.82, 2.24) is 10.2 Å². The predicted molar refractivity (Wildman–Crippen MR) is 78.8 cm³/mol. The number of carbonyl (C=O) groups excluding carboxylic acids is 1. The molecule has 0 bridgehead atoms. The number of nitrogens with zero attached hydrogens (tertiary/aromatic N) is 2. The molecule has 1 N–H and O–H groups in total. The average molecular weight is 261 g/mol. The summed E-state index contributed by atoms with van der Waals surface area (Å²) in [6.07, 6.45) is 0.986. The molecule has 2 amide bonds. The van der Waals surface area contributed by atoms with Crippen molar-refractivity contribution in [2.45, 2.75) is 26.3 Å². The molecule has 1 unspecified atom stereocenters. The maximum atomic E-state index is 12.3. The van der Waals surface area contributed by atoms with E-state index in [0.29, 0.717) is 6.04 Å². The number of hydrogen-bond acceptors (Lipinski definition) is 2. The van der Waals surface area contributed by atoms with Crippen LogP contribution < -0.4 is 10.2 Å². The fraction of sp³-hybridized carbons (Fsp3) is 0.533. The number of aryl methyl sites for hydroxylation is 2. The summed E-state index contributed by atoms with van der Waals surface area (Å²) in [5, 5.41) is 3.14. The number of hydrogen-bond donors (Lipinski definition) is 1. The third-order valence-corrected chi connectivity index (χ3v) is 4.00. The van der Waals surface area contributed by atoms with Gasteiger partial charge < -0.3 is 10.2 Å². The van der Waals surface area contributed by atoms with Crippen molar-refractivity contribution in [2.24, 2.45) is 0 Å². The average Bonchev–Trinajstić information content (AvgIpc) is 2.67. The summed E-state index contributed by atoms with van der Waals surface area (Å²) in [6, 6.07) is 6.61. The zero-order valence-electron chi connectivity index (χ0n) is 12.2. The highest BCUT2D eigenvalue weighted by Crippen LogP contribution is 2.25. The van der Waals surface area contributed by atoms with E-state index >= 15 is 0 Å². The van der Waals surface area contributed by atoms with Crippen LogP contribution in [0.15, 0.2) is 18.2 Å². The van der Waals surface area contributed by atoms with Gasteiger partial charge >= 0.3 is 6.03 Å². The van der Waals surface area contributed by atoms with Gasteiger partial charge in [-0.3, -0.25) is 4.90 Å². The van der Waals surface area contributed by atoms with E-state index in [1.807, 2.05) is 30.0 Å². The van der Waals surface area contributed by atoms with Crippen molar-refractivity contribution < 1.29 is 4.79 Å². The zero-order valence-corrected chi connectivity index (χ0v) is 12.2. The molecule has 1 heterocycles. The third kappa shape index (κ3) is 2.73. The van der Waals surface area contributed by atoms with Gasteiger partial charge in [-0.05, 0) is 57.1 Å². The fourth-order valence-corrected chi connectivity index (χ4v) is 2.46. The first-order valence-electron chi connectivity index (χ1n) is 6.80. The van der Waals surface area contributed by atoms with Gasteiger partial charge in [0.2, 0.25) is 0 Å². The lowest BCUT2D eigenvalue weighted by Crippen LogP contribution is -2.32. The molecule has 1 saturated heterocycles. The van der Waals surface area contributed by atoms with Crippen molar-refractivity contribution in [2.75, 3.05) is 32.1 Å². The Morgan fingerprint density at radius 3 is 2.68 bits per heavy atom. The molecule has 1 aromatic rings. The summed E-state index contributed by atoms with van der Waals surface area (Å²) in [5.74, 6) is 0. The molecular weight excluding hydrogens is 238 g/mol. The molecule has 19 heavy (non-hydrogen) atoms. The number of likely N-dealkylation sites (N-methyl/N-ethyl adjacent to an activating group) is 1. The SMILES string of the molecule is CNCCC1CN(c2ccc(C)c(C)c2)C(=O)N1C. The van der Waals surface area contributed by atoms with Crippen LogP contribution in [0.25, 0.3) is 0 Å². The highest BCUT2D eigenvalue weighted by atomic mass is 16.2. The number of benzene rings is 1. The monoisotopic (exact) mass is 261 g/mol. The molecule has 4 heteroatoms. The summed E-state index contributed by atoms with van der Waals surface area (Å²) in [6.45, 7) is 5.89. The van der Waals surface area contributed by atoms with Crippen molar-refractivity contribution in [3.8, 4) is 0 Å². The van der Waals surface area contributed by atoms with Crippen LogP contribution >= 0.6 is 0 Å². The van der Waals surface area contributed by atoms with Crippen molar-refractivity contribution in [1.29, 1.82) is 0 Å². The maximum Gasteiger partial charge on any atom is 0.324 e. The Morgan fingerprint density at radius 2 is 2.05 bits per heavy atom. The second kappa shape index (κ2) is 5.61. The Balaban J connectivity index is 2.16. The first-order chi connectivity index (χ1) is 9.04. The van der Waals surface area contributed by atoms with Crippen LogP contribution in [-0.2, 0) is 0 Å². The minimum Gasteiger partial charge on any atom is -0.323 e. The summed E-state index contributed by atoms with van der Waals surface area (Å²) >= 11 is 0. The Hall–Kier alpha value is -1.55. The molecule has 1 aromatic carbocycles. The molecule has 1 aliphatic heterocycles. The minimum atomic E-state index is 0.101. The molecule has 4 nitrogen and oxygen atoms in total. The van der Waals surface area contributed by atoms with Crippen molar-refractivity contribution in [3.05, 3.63) is 29.3 Å². The number of amides is 2. The van der Waals surface area contributed by atoms with Gasteiger partial charge in [0.15, 0.2) is 0 Å². The summed E-state index contributed by atoms with van der Waals surface area (Å²) in [4.78, 5) is 16.0. The van der Waals surface area contributed by atoms with Gasteiger partial charge in [0.1, 0.15) is 0 Å². The first kappa shape index (κ1) is 13.9. The van der Waals surface area contributed by atoms with Gasteiger partial charge in [0.05, 0.1) is 6.04 Å². The standard InChI is InChI=1S/C15H23N3O/c1-11-5-6-13(9-12(11)2)18-10-14(7-8-16-3)17(4)15(18)19/h5-6,9,14,16H,7-8,10H2,1-4H3. The van der Waals surface area contributed by atoms with E-state index in [1.54, 1.807) is 0 Å². The van der Waals surface area contributed by atoms with E-state index in [2.05, 4.69) is 31.3 Å². The molecule has 0 radical (unpaired) electrons. The highest BCUT2D eigenvalue weighted by Gasteiger charge is 2.34. The van der Waals surface area contributed by atoms with Gasteiger partial charge in [-0.25, -0.2) is 4.79 Å². The van der Waals surface area contributed by atoms with Crippen LogP contribution in [0.5, 0.6) is 0 Å². The molecule has 104 valence electrons. The third-order valence-electron chi connectivity index (χ3n) is 4.00. The van der Waals surface area contributed by atoms with Crippen molar-refractivity contribution >= 4 is 11.7 Å². The number of urea groups is 1. The molecule has 0 aromatic heterocycles. The summed E-state index contributed by atoms with van der Waals surface area (Å²) in [5.41, 5.74) is 3.49. The van der Waals surface area contributed by atoms with Crippen LogP contribution in [0.2, 0.25) is 0 Å². The Morgan fingerprint density at radius 1 is 1.32 bits per heavy atom. The van der Waals surface area contributed by atoms with E-state index < -0.39 is 0 Å². The second-order valence-corrected chi connectivity index (χ2v) is 5.32. The molecular formula is C15H23N3O. The van der Waals surface area contributed by atoms with Crippen LogP contribution in [0.1, 0.15) is 17.5 Å². The van der Waals surface area contributed by atoms with E-state index in [-0.39, 0.29) is 6.03 Å². The van der Waals surface area contributed by atoms with Gasteiger partial charge in [-0.2, -0.15) is 0 Å². The van der Waals surface area contributed by atoms with Crippen LogP contribution in [0.4, 0.5) is 10.5 Å². The lowest BCUT2D eigenvalue weighted by molar-refractivity contribution is 0.217. The molecule has 0 spiro atoms.